The van der Waals surface area contributed by atoms with Crippen molar-refractivity contribution in [2.45, 2.75) is 39.7 Å². The van der Waals surface area contributed by atoms with Gasteiger partial charge in [0.05, 0.1) is 6.04 Å². The fraction of sp³-hybridized carbons (Fsp3) is 0.889. The van der Waals surface area contributed by atoms with Gasteiger partial charge in [-0.05, 0) is 32.7 Å². The molecule has 0 aromatic carbocycles. The summed E-state index contributed by atoms with van der Waals surface area (Å²) >= 11 is 0. The summed E-state index contributed by atoms with van der Waals surface area (Å²) in [6, 6.07) is 0.0670. The van der Waals surface area contributed by atoms with E-state index in [1.54, 1.807) is 6.92 Å². The molecule has 0 aliphatic rings. The summed E-state index contributed by atoms with van der Waals surface area (Å²) in [6.07, 6.45) is 2.08. The third kappa shape index (κ3) is 4.96. The SMILES string of the molecule is CN[C@H](CCC(C)C)C(C)=O. The van der Waals surface area contributed by atoms with Crippen LogP contribution in [0.25, 0.3) is 0 Å². The van der Waals surface area contributed by atoms with Gasteiger partial charge in [-0.3, -0.25) is 4.79 Å². The zero-order chi connectivity index (χ0) is 8.85. The van der Waals surface area contributed by atoms with Crippen molar-refractivity contribution < 1.29 is 4.79 Å². The van der Waals surface area contributed by atoms with E-state index in [1.165, 1.54) is 0 Å². The zero-order valence-corrected chi connectivity index (χ0v) is 7.98. The molecule has 0 amide bonds. The van der Waals surface area contributed by atoms with Gasteiger partial charge in [0.25, 0.3) is 0 Å². The van der Waals surface area contributed by atoms with E-state index in [4.69, 9.17) is 0 Å². The number of hydrogen-bond donors (Lipinski definition) is 1. The van der Waals surface area contributed by atoms with Crippen molar-refractivity contribution in [2.75, 3.05) is 7.05 Å². The Kier molecular flexibility index (Phi) is 5.12. The third-order valence-electron chi connectivity index (χ3n) is 1.87. The van der Waals surface area contributed by atoms with E-state index >= 15 is 0 Å². The third-order valence-corrected chi connectivity index (χ3v) is 1.87. The molecular weight excluding hydrogens is 138 g/mol. The second-order valence-corrected chi connectivity index (χ2v) is 3.42. The highest BCUT2D eigenvalue weighted by molar-refractivity contribution is 5.81. The topological polar surface area (TPSA) is 29.1 Å². The molecule has 66 valence electrons. The molecule has 0 heterocycles. The van der Waals surface area contributed by atoms with Crippen molar-refractivity contribution in [2.24, 2.45) is 5.92 Å². The highest BCUT2D eigenvalue weighted by Gasteiger charge is 2.10. The molecule has 2 nitrogen and oxygen atoms in total. The lowest BCUT2D eigenvalue weighted by atomic mass is 10.0. The molecule has 0 spiro atoms. The number of Topliss-reactive ketones (excluding diaryl/α,β-unsaturated/α-hetero) is 1. The number of ketones is 1. The van der Waals surface area contributed by atoms with Crippen molar-refractivity contribution in [1.29, 1.82) is 0 Å². The number of nitrogens with one attached hydrogen (secondary N) is 1. The smallest absolute Gasteiger partial charge is 0.146 e. The molecule has 0 saturated carbocycles. The van der Waals surface area contributed by atoms with Crippen LogP contribution < -0.4 is 5.32 Å². The number of carbonyl (C=O) groups is 1. The average Bonchev–Trinajstić information content (AvgIpc) is 1.87. The lowest BCUT2D eigenvalue weighted by molar-refractivity contribution is -0.119. The van der Waals surface area contributed by atoms with Gasteiger partial charge in [-0.15, -0.1) is 0 Å². The van der Waals surface area contributed by atoms with E-state index < -0.39 is 0 Å². The molecule has 0 radical (unpaired) electrons. The fourth-order valence-corrected chi connectivity index (χ4v) is 1.05. The summed E-state index contributed by atoms with van der Waals surface area (Å²) < 4.78 is 0. The van der Waals surface area contributed by atoms with Crippen molar-refractivity contribution in [3.8, 4) is 0 Å². The molecule has 0 saturated heterocycles. The maximum atomic E-state index is 10.9. The summed E-state index contributed by atoms with van der Waals surface area (Å²) in [5, 5.41) is 3.01. The minimum Gasteiger partial charge on any atom is -0.311 e. The largest absolute Gasteiger partial charge is 0.311 e. The van der Waals surface area contributed by atoms with Crippen molar-refractivity contribution in [1.82, 2.24) is 5.32 Å². The Morgan fingerprint density at radius 1 is 1.36 bits per heavy atom. The molecule has 0 bridgehead atoms. The minimum atomic E-state index is 0.0670. The number of hydrogen-bond acceptors (Lipinski definition) is 2. The molecule has 0 aromatic heterocycles. The maximum Gasteiger partial charge on any atom is 0.146 e. The molecule has 0 unspecified atom stereocenters. The average molecular weight is 157 g/mol. The van der Waals surface area contributed by atoms with Crippen LogP contribution in [-0.2, 0) is 4.79 Å². The molecule has 1 atom stereocenters. The summed E-state index contributed by atoms with van der Waals surface area (Å²) in [7, 11) is 1.84. The highest BCUT2D eigenvalue weighted by Crippen LogP contribution is 2.06. The van der Waals surface area contributed by atoms with Crippen LogP contribution in [-0.4, -0.2) is 18.9 Å². The van der Waals surface area contributed by atoms with E-state index in [9.17, 15) is 4.79 Å². The van der Waals surface area contributed by atoms with E-state index in [-0.39, 0.29) is 11.8 Å². The number of rotatable bonds is 5. The molecule has 1 N–H and O–H groups in total. The van der Waals surface area contributed by atoms with Crippen molar-refractivity contribution in [3.63, 3.8) is 0 Å². The molecule has 0 aromatic rings. The summed E-state index contributed by atoms with van der Waals surface area (Å²) in [5.74, 6) is 0.929. The van der Waals surface area contributed by atoms with E-state index in [0.29, 0.717) is 5.92 Å². The van der Waals surface area contributed by atoms with Crippen molar-refractivity contribution >= 4 is 5.78 Å². The zero-order valence-electron chi connectivity index (χ0n) is 7.98. The summed E-state index contributed by atoms with van der Waals surface area (Å²) in [4.78, 5) is 10.9. The van der Waals surface area contributed by atoms with Gasteiger partial charge in [-0.2, -0.15) is 0 Å². The van der Waals surface area contributed by atoms with Gasteiger partial charge in [0.1, 0.15) is 5.78 Å². The molecule has 11 heavy (non-hydrogen) atoms. The highest BCUT2D eigenvalue weighted by atomic mass is 16.1. The van der Waals surface area contributed by atoms with Gasteiger partial charge in [-0.1, -0.05) is 13.8 Å². The number of likely N-dealkylation sites (N-methyl/N-ethyl adjacent to an activating group) is 1. The maximum absolute atomic E-state index is 10.9. The van der Waals surface area contributed by atoms with E-state index in [1.807, 2.05) is 7.05 Å². The minimum absolute atomic E-state index is 0.0670. The first kappa shape index (κ1) is 10.6. The van der Waals surface area contributed by atoms with Crippen LogP contribution in [0.4, 0.5) is 0 Å². The predicted octanol–water partition coefficient (Wildman–Crippen LogP) is 1.60. The summed E-state index contributed by atoms with van der Waals surface area (Å²) in [5.41, 5.74) is 0. The first-order valence-electron chi connectivity index (χ1n) is 4.25. The Hall–Kier alpha value is -0.370. The number of carbonyl (C=O) groups excluding carboxylic acids is 1. The van der Waals surface area contributed by atoms with Crippen molar-refractivity contribution in [3.05, 3.63) is 0 Å². The standard InChI is InChI=1S/C9H19NO/c1-7(2)5-6-9(10-4)8(3)11/h7,9-10H,5-6H2,1-4H3/t9-/m1/s1. The van der Waals surface area contributed by atoms with Gasteiger partial charge >= 0.3 is 0 Å². The van der Waals surface area contributed by atoms with E-state index in [0.717, 1.165) is 12.8 Å². The van der Waals surface area contributed by atoms with Gasteiger partial charge in [0, 0.05) is 0 Å². The fourth-order valence-electron chi connectivity index (χ4n) is 1.05. The Morgan fingerprint density at radius 3 is 2.18 bits per heavy atom. The van der Waals surface area contributed by atoms with Crippen LogP contribution in [0.3, 0.4) is 0 Å². The van der Waals surface area contributed by atoms with Crippen LogP contribution in [0.2, 0.25) is 0 Å². The molecule has 0 fully saturated rings. The summed E-state index contributed by atoms with van der Waals surface area (Å²) in [6.45, 7) is 5.99. The van der Waals surface area contributed by atoms with E-state index in [2.05, 4.69) is 19.2 Å². The molecule has 0 aliphatic heterocycles. The van der Waals surface area contributed by atoms with Crippen LogP contribution in [0.5, 0.6) is 0 Å². The monoisotopic (exact) mass is 157 g/mol. The molecule has 0 aliphatic carbocycles. The lowest BCUT2D eigenvalue weighted by Gasteiger charge is -2.13. The van der Waals surface area contributed by atoms with Crippen LogP contribution in [0, 0.1) is 5.92 Å². The molecule has 2 heteroatoms. The Balaban J connectivity index is 3.61. The lowest BCUT2D eigenvalue weighted by Crippen LogP contribution is -2.32. The van der Waals surface area contributed by atoms with Gasteiger partial charge < -0.3 is 5.32 Å². The Bertz CT molecular complexity index is 121. The molecular formula is C9H19NO. The first-order valence-corrected chi connectivity index (χ1v) is 4.25. The quantitative estimate of drug-likeness (QED) is 0.656. The normalized spacial score (nSPS) is 13.5. The van der Waals surface area contributed by atoms with Crippen LogP contribution in [0.1, 0.15) is 33.6 Å². The Labute approximate surface area is 69.4 Å². The first-order chi connectivity index (χ1) is 5.07. The van der Waals surface area contributed by atoms with Crippen LogP contribution in [0.15, 0.2) is 0 Å². The van der Waals surface area contributed by atoms with Crippen LogP contribution >= 0.6 is 0 Å². The molecule has 0 rings (SSSR count). The van der Waals surface area contributed by atoms with Gasteiger partial charge in [0.15, 0.2) is 0 Å². The predicted molar refractivity (Wildman–Crippen MR) is 47.6 cm³/mol. The second-order valence-electron chi connectivity index (χ2n) is 3.42. The Morgan fingerprint density at radius 2 is 1.91 bits per heavy atom. The second kappa shape index (κ2) is 5.30. The van der Waals surface area contributed by atoms with Gasteiger partial charge in [-0.25, -0.2) is 0 Å². The van der Waals surface area contributed by atoms with Gasteiger partial charge in [0.2, 0.25) is 0 Å².